The monoisotopic (exact) mass is 247 g/mol. The van der Waals surface area contributed by atoms with Crippen LogP contribution in [0.3, 0.4) is 0 Å². The maximum atomic E-state index is 11.0. The third-order valence-corrected chi connectivity index (χ3v) is 1.94. The number of nitro benzene ring substituents is 1. The molecule has 0 unspecified atom stereocenters. The van der Waals surface area contributed by atoms with Gasteiger partial charge in [-0.05, 0) is 19.1 Å². The van der Waals surface area contributed by atoms with Crippen LogP contribution in [0.2, 0.25) is 0 Å². The smallest absolute Gasteiger partial charge is 0.384 e. The number of nitrogens with zero attached hydrogens (tertiary/aromatic N) is 1. The zero-order chi connectivity index (χ0) is 13.5. The van der Waals surface area contributed by atoms with Crippen LogP contribution in [0.5, 0.6) is 0 Å². The summed E-state index contributed by atoms with van der Waals surface area (Å²) in [5.74, 6) is 3.90. The second-order valence-corrected chi connectivity index (χ2v) is 3.12. The number of carbonyl (C=O) groups is 2. The summed E-state index contributed by atoms with van der Waals surface area (Å²) in [6.45, 7) is 1.85. The summed E-state index contributed by atoms with van der Waals surface area (Å²) in [4.78, 5) is 31.6. The van der Waals surface area contributed by atoms with E-state index >= 15 is 0 Å². The fraction of sp³-hybridized carbons (Fsp3) is 0.167. The minimum atomic E-state index is -0.709. The molecule has 6 heteroatoms. The van der Waals surface area contributed by atoms with Gasteiger partial charge in [0.05, 0.1) is 17.1 Å². The van der Waals surface area contributed by atoms with E-state index in [1.165, 1.54) is 12.1 Å². The van der Waals surface area contributed by atoms with Crippen LogP contribution in [0.1, 0.15) is 22.8 Å². The van der Waals surface area contributed by atoms with E-state index in [1.807, 2.05) is 0 Å². The number of ether oxygens (including phenoxy) is 1. The summed E-state index contributed by atoms with van der Waals surface area (Å²) in [6, 6.07) is 3.83. The molecule has 0 amide bonds. The van der Waals surface area contributed by atoms with E-state index in [4.69, 9.17) is 0 Å². The van der Waals surface area contributed by atoms with Crippen molar-refractivity contribution in [2.24, 2.45) is 0 Å². The predicted molar refractivity (Wildman–Crippen MR) is 62.0 cm³/mol. The van der Waals surface area contributed by atoms with Gasteiger partial charge >= 0.3 is 5.97 Å². The van der Waals surface area contributed by atoms with Gasteiger partial charge in [-0.15, -0.1) is 0 Å². The lowest BCUT2D eigenvalue weighted by molar-refractivity contribution is -0.385. The normalized spacial score (nSPS) is 8.94. The Labute approximate surface area is 103 Å². The molecule has 0 spiro atoms. The van der Waals surface area contributed by atoms with Gasteiger partial charge in [0.1, 0.15) is 0 Å². The molecule has 0 aliphatic carbocycles. The molecule has 1 aromatic carbocycles. The third-order valence-electron chi connectivity index (χ3n) is 1.94. The van der Waals surface area contributed by atoms with Crippen molar-refractivity contribution in [3.05, 3.63) is 39.4 Å². The first-order valence-corrected chi connectivity index (χ1v) is 5.01. The minimum absolute atomic E-state index is 0.0401. The molecule has 0 atom stereocenters. The van der Waals surface area contributed by atoms with E-state index in [1.54, 1.807) is 6.92 Å². The summed E-state index contributed by atoms with van der Waals surface area (Å²) < 4.78 is 4.58. The third kappa shape index (κ3) is 3.42. The quantitative estimate of drug-likeness (QED) is 0.264. The van der Waals surface area contributed by atoms with Crippen molar-refractivity contribution < 1.29 is 19.2 Å². The highest BCUT2D eigenvalue weighted by molar-refractivity contribution is 5.89. The Hall–Kier alpha value is -2.68. The average Bonchev–Trinajstić information content (AvgIpc) is 2.36. The van der Waals surface area contributed by atoms with Crippen LogP contribution in [0.25, 0.3) is 0 Å². The molecule has 0 saturated heterocycles. The summed E-state index contributed by atoms with van der Waals surface area (Å²) in [5, 5.41) is 10.7. The van der Waals surface area contributed by atoms with E-state index in [0.29, 0.717) is 6.29 Å². The highest BCUT2D eigenvalue weighted by Crippen LogP contribution is 2.18. The molecular weight excluding hydrogens is 238 g/mol. The highest BCUT2D eigenvalue weighted by Gasteiger charge is 2.13. The van der Waals surface area contributed by atoms with Gasteiger partial charge in [0.2, 0.25) is 0 Å². The Balaban J connectivity index is 3.05. The summed E-state index contributed by atoms with van der Waals surface area (Å²) in [7, 11) is 0. The van der Waals surface area contributed by atoms with E-state index < -0.39 is 10.9 Å². The molecule has 18 heavy (non-hydrogen) atoms. The van der Waals surface area contributed by atoms with Crippen LogP contribution in [-0.4, -0.2) is 23.8 Å². The molecule has 0 aliphatic heterocycles. The van der Waals surface area contributed by atoms with Crippen molar-refractivity contribution in [1.82, 2.24) is 0 Å². The topological polar surface area (TPSA) is 86.5 Å². The first kappa shape index (κ1) is 13.4. The molecule has 1 rings (SSSR count). The molecule has 92 valence electrons. The van der Waals surface area contributed by atoms with Crippen LogP contribution in [-0.2, 0) is 9.53 Å². The highest BCUT2D eigenvalue weighted by atomic mass is 16.6. The lowest BCUT2D eigenvalue weighted by atomic mass is 10.1. The molecule has 0 fully saturated rings. The van der Waals surface area contributed by atoms with E-state index in [-0.39, 0.29) is 23.4 Å². The number of carbonyl (C=O) groups excluding carboxylic acids is 2. The Morgan fingerprint density at radius 3 is 2.83 bits per heavy atom. The van der Waals surface area contributed by atoms with Gasteiger partial charge in [0.15, 0.2) is 6.29 Å². The van der Waals surface area contributed by atoms with E-state index in [9.17, 15) is 19.7 Å². The van der Waals surface area contributed by atoms with Crippen LogP contribution >= 0.6 is 0 Å². The number of nitro groups is 1. The van der Waals surface area contributed by atoms with Gasteiger partial charge < -0.3 is 4.74 Å². The first-order valence-electron chi connectivity index (χ1n) is 5.01. The van der Waals surface area contributed by atoms with E-state index in [0.717, 1.165) is 6.07 Å². The number of hydrogen-bond donors (Lipinski definition) is 0. The Bertz CT molecular complexity index is 553. The van der Waals surface area contributed by atoms with Crippen molar-refractivity contribution >= 4 is 17.9 Å². The summed E-state index contributed by atoms with van der Waals surface area (Å²) in [5.41, 5.74) is -0.123. The second-order valence-electron chi connectivity index (χ2n) is 3.12. The Kier molecular flexibility index (Phi) is 4.58. The second kappa shape index (κ2) is 6.15. The maximum Gasteiger partial charge on any atom is 0.384 e. The average molecular weight is 247 g/mol. The lowest BCUT2D eigenvalue weighted by Crippen LogP contribution is -1.99. The number of esters is 1. The first-order chi connectivity index (χ1) is 8.58. The van der Waals surface area contributed by atoms with Crippen molar-refractivity contribution in [2.75, 3.05) is 6.61 Å². The Morgan fingerprint density at radius 2 is 2.28 bits per heavy atom. The predicted octanol–water partition coefficient (Wildman–Crippen LogP) is 1.32. The molecule has 0 aliphatic rings. The molecule has 6 nitrogen and oxygen atoms in total. The van der Waals surface area contributed by atoms with Crippen LogP contribution < -0.4 is 0 Å². The maximum absolute atomic E-state index is 11.0. The van der Waals surface area contributed by atoms with Crippen molar-refractivity contribution in [1.29, 1.82) is 0 Å². The number of benzene rings is 1. The fourth-order valence-electron chi connectivity index (χ4n) is 1.17. The SMILES string of the molecule is CCOC(=O)C#Cc1ccc(C=O)c([N+](=O)[O-])c1. The molecule has 0 N–H and O–H groups in total. The zero-order valence-electron chi connectivity index (χ0n) is 9.50. The largest absolute Gasteiger partial charge is 0.456 e. The van der Waals surface area contributed by atoms with Crippen LogP contribution in [0.15, 0.2) is 18.2 Å². The zero-order valence-corrected chi connectivity index (χ0v) is 9.50. The molecule has 0 aromatic heterocycles. The molecule has 0 heterocycles. The number of rotatable bonds is 3. The lowest BCUT2D eigenvalue weighted by Gasteiger charge is -1.96. The molecule has 0 bridgehead atoms. The van der Waals surface area contributed by atoms with Crippen molar-refractivity contribution in [3.63, 3.8) is 0 Å². The van der Waals surface area contributed by atoms with Gasteiger partial charge in [-0.1, -0.05) is 5.92 Å². The summed E-state index contributed by atoms with van der Waals surface area (Å²) >= 11 is 0. The molecular formula is C12H9NO5. The van der Waals surface area contributed by atoms with Crippen molar-refractivity contribution in [3.8, 4) is 11.8 Å². The fourth-order valence-corrected chi connectivity index (χ4v) is 1.17. The standard InChI is InChI=1S/C12H9NO5/c1-2-18-12(15)6-4-9-3-5-10(8-14)11(7-9)13(16)17/h3,5,7-8H,2H2,1H3. The Morgan fingerprint density at radius 1 is 1.56 bits per heavy atom. The number of aldehydes is 1. The van der Waals surface area contributed by atoms with Crippen LogP contribution in [0, 0.1) is 22.0 Å². The van der Waals surface area contributed by atoms with Crippen LogP contribution in [0.4, 0.5) is 5.69 Å². The minimum Gasteiger partial charge on any atom is -0.456 e. The number of hydrogen-bond acceptors (Lipinski definition) is 5. The van der Waals surface area contributed by atoms with Gasteiger partial charge in [-0.3, -0.25) is 14.9 Å². The van der Waals surface area contributed by atoms with E-state index in [2.05, 4.69) is 16.6 Å². The van der Waals surface area contributed by atoms with Gasteiger partial charge in [-0.25, -0.2) is 4.79 Å². The van der Waals surface area contributed by atoms with Gasteiger partial charge in [0.25, 0.3) is 5.69 Å². The van der Waals surface area contributed by atoms with Gasteiger partial charge in [0, 0.05) is 17.6 Å². The van der Waals surface area contributed by atoms with Crippen molar-refractivity contribution in [2.45, 2.75) is 6.92 Å². The van der Waals surface area contributed by atoms with Gasteiger partial charge in [-0.2, -0.15) is 0 Å². The molecule has 0 saturated carbocycles. The molecule has 1 aromatic rings. The summed E-state index contributed by atoms with van der Waals surface area (Å²) in [6.07, 6.45) is 0.390. The molecule has 0 radical (unpaired) electrons.